The minimum absolute atomic E-state index is 0.181. The van der Waals surface area contributed by atoms with E-state index in [1.54, 1.807) is 6.92 Å². The van der Waals surface area contributed by atoms with Crippen molar-refractivity contribution < 1.29 is 14.4 Å². The van der Waals surface area contributed by atoms with Gasteiger partial charge in [0.2, 0.25) is 5.91 Å². The molecule has 2 fully saturated rings. The minimum atomic E-state index is -0.845. The maximum Gasteiger partial charge on any atom is 0.325 e. The van der Waals surface area contributed by atoms with Crippen molar-refractivity contribution in [3.05, 3.63) is 35.9 Å². The van der Waals surface area contributed by atoms with Crippen molar-refractivity contribution in [3.63, 3.8) is 0 Å². The van der Waals surface area contributed by atoms with E-state index in [1.807, 2.05) is 37.3 Å². The number of urea groups is 1. The van der Waals surface area contributed by atoms with Crippen LogP contribution in [0.3, 0.4) is 0 Å². The molecule has 1 aromatic carbocycles. The predicted molar refractivity (Wildman–Crippen MR) is 84.4 cm³/mol. The maximum atomic E-state index is 12.5. The lowest BCUT2D eigenvalue weighted by atomic mass is 9.96. The Balaban J connectivity index is 1.62. The highest BCUT2D eigenvalue weighted by Gasteiger charge is 2.56. The van der Waals surface area contributed by atoms with Crippen LogP contribution in [-0.4, -0.2) is 34.8 Å². The molecule has 1 heterocycles. The van der Waals surface area contributed by atoms with Crippen LogP contribution in [0.25, 0.3) is 0 Å². The molecule has 1 aromatic rings. The van der Waals surface area contributed by atoms with Gasteiger partial charge in [0.15, 0.2) is 0 Å². The predicted octanol–water partition coefficient (Wildman–Crippen LogP) is 1.58. The van der Waals surface area contributed by atoms with Crippen LogP contribution in [0.5, 0.6) is 0 Å². The molecule has 23 heavy (non-hydrogen) atoms. The van der Waals surface area contributed by atoms with Crippen LogP contribution in [-0.2, 0) is 9.59 Å². The Hall–Kier alpha value is -2.37. The van der Waals surface area contributed by atoms with E-state index in [2.05, 4.69) is 10.6 Å². The van der Waals surface area contributed by atoms with Gasteiger partial charge in [0.05, 0.1) is 6.04 Å². The monoisotopic (exact) mass is 315 g/mol. The SMILES string of the molecule is CC(NC(=O)CN1C(=O)NC(C)(C2CC2)C1=O)c1ccccc1. The molecule has 6 heteroatoms. The highest BCUT2D eigenvalue weighted by Crippen LogP contribution is 2.42. The van der Waals surface area contributed by atoms with Crippen LogP contribution in [0, 0.1) is 5.92 Å². The van der Waals surface area contributed by atoms with Crippen LogP contribution in [0.4, 0.5) is 4.79 Å². The molecule has 0 bridgehead atoms. The molecule has 1 aliphatic heterocycles. The van der Waals surface area contributed by atoms with Gasteiger partial charge in [-0.15, -0.1) is 0 Å². The van der Waals surface area contributed by atoms with Gasteiger partial charge in [-0.1, -0.05) is 30.3 Å². The van der Waals surface area contributed by atoms with Gasteiger partial charge in [0.1, 0.15) is 12.1 Å². The fourth-order valence-electron chi connectivity index (χ4n) is 3.05. The number of hydrogen-bond donors (Lipinski definition) is 2. The first-order valence-electron chi connectivity index (χ1n) is 7.90. The van der Waals surface area contributed by atoms with E-state index in [4.69, 9.17) is 0 Å². The molecule has 1 saturated carbocycles. The van der Waals surface area contributed by atoms with Crippen molar-refractivity contribution in [2.45, 2.75) is 38.3 Å². The zero-order valence-electron chi connectivity index (χ0n) is 13.3. The Bertz CT molecular complexity index is 642. The first-order chi connectivity index (χ1) is 10.9. The third-order valence-electron chi connectivity index (χ3n) is 4.67. The number of carbonyl (C=O) groups is 3. The molecular formula is C17H21N3O3. The van der Waals surface area contributed by atoms with E-state index in [0.717, 1.165) is 23.3 Å². The lowest BCUT2D eigenvalue weighted by molar-refractivity contribution is -0.135. The Morgan fingerprint density at radius 3 is 2.61 bits per heavy atom. The second kappa shape index (κ2) is 5.68. The Kier molecular flexibility index (Phi) is 3.83. The lowest BCUT2D eigenvalue weighted by Crippen LogP contribution is -2.47. The Morgan fingerprint density at radius 2 is 2.00 bits per heavy atom. The second-order valence-corrected chi connectivity index (χ2v) is 6.50. The van der Waals surface area contributed by atoms with E-state index in [-0.39, 0.29) is 30.3 Å². The summed E-state index contributed by atoms with van der Waals surface area (Å²) in [6, 6.07) is 8.88. The second-order valence-electron chi connectivity index (χ2n) is 6.50. The molecule has 2 atom stereocenters. The van der Waals surface area contributed by atoms with Crippen molar-refractivity contribution in [2.24, 2.45) is 5.92 Å². The standard InChI is InChI=1S/C17H21N3O3/c1-11(12-6-4-3-5-7-12)18-14(21)10-20-15(22)17(2,13-8-9-13)19-16(20)23/h3-7,11,13H,8-10H2,1-2H3,(H,18,21)(H,19,23). The van der Waals surface area contributed by atoms with Gasteiger partial charge in [0.25, 0.3) is 5.91 Å². The van der Waals surface area contributed by atoms with Crippen molar-refractivity contribution in [1.29, 1.82) is 0 Å². The van der Waals surface area contributed by atoms with Gasteiger partial charge in [-0.3, -0.25) is 14.5 Å². The number of imide groups is 1. The number of benzene rings is 1. The molecule has 6 nitrogen and oxygen atoms in total. The first kappa shape index (κ1) is 15.5. The molecule has 3 rings (SSSR count). The zero-order chi connectivity index (χ0) is 16.6. The van der Waals surface area contributed by atoms with E-state index in [0.29, 0.717) is 0 Å². The van der Waals surface area contributed by atoms with Crippen molar-refractivity contribution in [2.75, 3.05) is 6.54 Å². The van der Waals surface area contributed by atoms with Gasteiger partial charge in [0, 0.05) is 0 Å². The molecule has 2 N–H and O–H groups in total. The fraction of sp³-hybridized carbons (Fsp3) is 0.471. The van der Waals surface area contributed by atoms with Crippen LogP contribution < -0.4 is 10.6 Å². The van der Waals surface area contributed by atoms with E-state index in [9.17, 15) is 14.4 Å². The van der Waals surface area contributed by atoms with Crippen molar-refractivity contribution in [3.8, 4) is 0 Å². The molecule has 2 unspecified atom stereocenters. The Morgan fingerprint density at radius 1 is 1.35 bits per heavy atom. The topological polar surface area (TPSA) is 78.5 Å². The smallest absolute Gasteiger partial charge is 0.325 e. The number of rotatable bonds is 5. The van der Waals surface area contributed by atoms with Gasteiger partial charge in [-0.2, -0.15) is 0 Å². The molecule has 0 aromatic heterocycles. The summed E-state index contributed by atoms with van der Waals surface area (Å²) in [4.78, 5) is 37.7. The average Bonchev–Trinajstić information content (AvgIpc) is 3.34. The first-order valence-corrected chi connectivity index (χ1v) is 7.90. The van der Waals surface area contributed by atoms with Gasteiger partial charge >= 0.3 is 6.03 Å². The van der Waals surface area contributed by atoms with Crippen molar-refractivity contribution in [1.82, 2.24) is 15.5 Å². The highest BCUT2D eigenvalue weighted by atomic mass is 16.2. The summed E-state index contributed by atoms with van der Waals surface area (Å²) in [7, 11) is 0. The number of hydrogen-bond acceptors (Lipinski definition) is 3. The van der Waals surface area contributed by atoms with E-state index in [1.165, 1.54) is 0 Å². The van der Waals surface area contributed by atoms with Crippen LogP contribution in [0.2, 0.25) is 0 Å². The lowest BCUT2D eigenvalue weighted by Gasteiger charge is -2.21. The van der Waals surface area contributed by atoms with Crippen LogP contribution >= 0.6 is 0 Å². The minimum Gasteiger partial charge on any atom is -0.348 e. The van der Waals surface area contributed by atoms with E-state index >= 15 is 0 Å². The summed E-state index contributed by atoms with van der Waals surface area (Å²) < 4.78 is 0. The van der Waals surface area contributed by atoms with Gasteiger partial charge in [-0.25, -0.2) is 4.79 Å². The number of carbonyl (C=O) groups excluding carboxylic acids is 3. The summed E-state index contributed by atoms with van der Waals surface area (Å²) in [6.45, 7) is 3.37. The van der Waals surface area contributed by atoms with Gasteiger partial charge in [-0.05, 0) is 38.2 Å². The summed E-state index contributed by atoms with van der Waals surface area (Å²) in [5, 5.41) is 5.56. The maximum absolute atomic E-state index is 12.5. The molecule has 2 aliphatic rings. The number of amides is 4. The molecule has 122 valence electrons. The summed E-state index contributed by atoms with van der Waals surface area (Å²) in [6.07, 6.45) is 1.88. The molecule has 4 amide bonds. The van der Waals surface area contributed by atoms with Crippen LogP contribution in [0.15, 0.2) is 30.3 Å². The molecule has 0 radical (unpaired) electrons. The van der Waals surface area contributed by atoms with Crippen molar-refractivity contribution >= 4 is 17.8 Å². The molecule has 1 saturated heterocycles. The fourth-order valence-corrected chi connectivity index (χ4v) is 3.05. The largest absolute Gasteiger partial charge is 0.348 e. The summed E-state index contributed by atoms with van der Waals surface area (Å²) in [5.74, 6) is -0.451. The number of nitrogens with zero attached hydrogens (tertiary/aromatic N) is 1. The summed E-state index contributed by atoms with van der Waals surface area (Å²) in [5.41, 5.74) is 0.128. The molecule has 0 spiro atoms. The highest BCUT2D eigenvalue weighted by molar-refractivity contribution is 6.09. The third kappa shape index (κ3) is 2.93. The quantitative estimate of drug-likeness (QED) is 0.810. The average molecular weight is 315 g/mol. The summed E-state index contributed by atoms with van der Waals surface area (Å²) >= 11 is 0. The number of nitrogens with one attached hydrogen (secondary N) is 2. The third-order valence-corrected chi connectivity index (χ3v) is 4.67. The van der Waals surface area contributed by atoms with Crippen LogP contribution in [0.1, 0.15) is 38.3 Å². The van der Waals surface area contributed by atoms with Gasteiger partial charge < -0.3 is 10.6 Å². The normalized spacial score (nSPS) is 25.2. The zero-order valence-corrected chi connectivity index (χ0v) is 13.3. The van der Waals surface area contributed by atoms with E-state index < -0.39 is 11.6 Å². The molecular weight excluding hydrogens is 294 g/mol. The molecule has 1 aliphatic carbocycles. The Labute approximate surface area is 135 Å².